The van der Waals surface area contributed by atoms with E-state index >= 15 is 0 Å². The highest BCUT2D eigenvalue weighted by atomic mass is 16.6. The molecular formula is C19H35N3O3. The van der Waals surface area contributed by atoms with Crippen LogP contribution >= 0.6 is 0 Å². The van der Waals surface area contributed by atoms with Gasteiger partial charge in [0.05, 0.1) is 6.04 Å². The van der Waals surface area contributed by atoms with E-state index in [1.54, 1.807) is 19.0 Å². The summed E-state index contributed by atoms with van der Waals surface area (Å²) in [5.41, 5.74) is -0.468. The summed E-state index contributed by atoms with van der Waals surface area (Å²) >= 11 is 0. The van der Waals surface area contributed by atoms with E-state index in [4.69, 9.17) is 4.74 Å². The van der Waals surface area contributed by atoms with E-state index in [0.29, 0.717) is 5.92 Å². The molecule has 0 aromatic heterocycles. The standard InChI is InChI=1S/C19H35N3O3/c1-13(17(23)21(5)6)20-15-10-7-9-14(15)16-11-8-12-22(16)18(24)25-19(2,3)4/h13-16,20H,7-12H2,1-6H3. The van der Waals surface area contributed by atoms with E-state index in [0.717, 1.165) is 38.6 Å². The number of nitrogens with zero attached hydrogens (tertiary/aromatic N) is 2. The van der Waals surface area contributed by atoms with E-state index in [9.17, 15) is 9.59 Å². The highest BCUT2D eigenvalue weighted by Crippen LogP contribution is 2.36. The lowest BCUT2D eigenvalue weighted by Gasteiger charge is -2.35. The molecule has 0 spiro atoms. The molecule has 2 aliphatic rings. The van der Waals surface area contributed by atoms with Crippen LogP contribution in [0.5, 0.6) is 0 Å². The van der Waals surface area contributed by atoms with Crippen molar-refractivity contribution in [1.29, 1.82) is 0 Å². The van der Waals surface area contributed by atoms with Crippen LogP contribution in [0.15, 0.2) is 0 Å². The summed E-state index contributed by atoms with van der Waals surface area (Å²) in [5.74, 6) is 0.494. The van der Waals surface area contributed by atoms with Gasteiger partial charge in [0, 0.05) is 32.7 Å². The summed E-state index contributed by atoms with van der Waals surface area (Å²) in [6.07, 6.45) is 5.17. The molecule has 2 amide bonds. The lowest BCUT2D eigenvalue weighted by molar-refractivity contribution is -0.130. The number of ether oxygens (including phenoxy) is 1. The topological polar surface area (TPSA) is 61.9 Å². The highest BCUT2D eigenvalue weighted by molar-refractivity contribution is 5.80. The van der Waals surface area contributed by atoms with Crippen molar-refractivity contribution in [2.75, 3.05) is 20.6 Å². The van der Waals surface area contributed by atoms with Gasteiger partial charge in [0.2, 0.25) is 5.91 Å². The van der Waals surface area contributed by atoms with Crippen LogP contribution < -0.4 is 5.32 Å². The monoisotopic (exact) mass is 353 g/mol. The van der Waals surface area contributed by atoms with Crippen LogP contribution in [0.1, 0.15) is 59.8 Å². The molecule has 1 heterocycles. The maximum atomic E-state index is 12.6. The van der Waals surface area contributed by atoms with Gasteiger partial charge in [-0.15, -0.1) is 0 Å². The van der Waals surface area contributed by atoms with Crippen LogP contribution in [0.25, 0.3) is 0 Å². The fourth-order valence-electron chi connectivity index (χ4n) is 4.22. The zero-order valence-corrected chi connectivity index (χ0v) is 16.7. The fourth-order valence-corrected chi connectivity index (χ4v) is 4.22. The van der Waals surface area contributed by atoms with Crippen LogP contribution in [0.2, 0.25) is 0 Å². The smallest absolute Gasteiger partial charge is 0.410 e. The molecule has 6 heteroatoms. The maximum absolute atomic E-state index is 12.6. The van der Waals surface area contributed by atoms with Crippen molar-refractivity contribution in [2.45, 2.75) is 83.5 Å². The van der Waals surface area contributed by atoms with Gasteiger partial charge >= 0.3 is 6.09 Å². The van der Waals surface area contributed by atoms with Gasteiger partial charge in [0.25, 0.3) is 0 Å². The Labute approximate surface area is 152 Å². The summed E-state index contributed by atoms with van der Waals surface area (Å²) in [5, 5.41) is 3.52. The van der Waals surface area contributed by atoms with Gasteiger partial charge in [-0.1, -0.05) is 6.42 Å². The van der Waals surface area contributed by atoms with Crippen LogP contribution in [-0.4, -0.2) is 66.2 Å². The third-order valence-corrected chi connectivity index (χ3v) is 5.27. The first kappa shape index (κ1) is 20.0. The molecule has 4 unspecified atom stereocenters. The number of carbonyl (C=O) groups is 2. The summed E-state index contributed by atoms with van der Waals surface area (Å²) in [7, 11) is 3.57. The molecule has 1 aliphatic carbocycles. The second-order valence-corrected chi connectivity index (χ2v) is 8.71. The minimum atomic E-state index is -0.468. The average Bonchev–Trinajstić information content (AvgIpc) is 3.12. The normalized spacial score (nSPS) is 28.1. The predicted molar refractivity (Wildman–Crippen MR) is 98.4 cm³/mol. The van der Waals surface area contributed by atoms with Crippen molar-refractivity contribution in [3.05, 3.63) is 0 Å². The first-order valence-corrected chi connectivity index (χ1v) is 9.57. The summed E-state index contributed by atoms with van der Waals surface area (Å²) in [6, 6.07) is 0.306. The SMILES string of the molecule is CC(NC1CCCC1C1CCCN1C(=O)OC(C)(C)C)C(=O)N(C)C. The molecule has 2 fully saturated rings. The zero-order chi connectivity index (χ0) is 18.8. The molecule has 1 aliphatic heterocycles. The third-order valence-electron chi connectivity index (χ3n) is 5.27. The molecule has 6 nitrogen and oxygen atoms in total. The van der Waals surface area contributed by atoms with Crippen LogP contribution in [0.4, 0.5) is 4.79 Å². The van der Waals surface area contributed by atoms with E-state index < -0.39 is 5.60 Å². The number of hydrogen-bond donors (Lipinski definition) is 1. The van der Waals surface area contributed by atoms with E-state index in [1.807, 2.05) is 32.6 Å². The summed E-state index contributed by atoms with van der Waals surface area (Å²) < 4.78 is 5.60. The Bertz CT molecular complexity index is 487. The Kier molecular flexibility index (Phi) is 6.35. The van der Waals surface area contributed by atoms with Crippen molar-refractivity contribution in [3.8, 4) is 0 Å². The predicted octanol–water partition coefficient (Wildman–Crippen LogP) is 2.62. The van der Waals surface area contributed by atoms with Crippen molar-refractivity contribution in [2.24, 2.45) is 5.92 Å². The largest absolute Gasteiger partial charge is 0.444 e. The lowest BCUT2D eigenvalue weighted by atomic mass is 9.92. The summed E-state index contributed by atoms with van der Waals surface area (Å²) in [6.45, 7) is 8.42. The van der Waals surface area contributed by atoms with Crippen molar-refractivity contribution in [1.82, 2.24) is 15.1 Å². The second kappa shape index (κ2) is 7.94. The van der Waals surface area contributed by atoms with Gasteiger partial charge < -0.3 is 19.9 Å². The molecule has 0 aromatic carbocycles. The van der Waals surface area contributed by atoms with Gasteiger partial charge in [-0.05, 0) is 59.3 Å². The van der Waals surface area contributed by atoms with Crippen molar-refractivity contribution >= 4 is 12.0 Å². The molecule has 0 aromatic rings. The van der Waals surface area contributed by atoms with Crippen LogP contribution in [0, 0.1) is 5.92 Å². The van der Waals surface area contributed by atoms with Crippen LogP contribution in [-0.2, 0) is 9.53 Å². The third kappa shape index (κ3) is 5.09. The number of rotatable bonds is 4. The van der Waals surface area contributed by atoms with Crippen molar-refractivity contribution < 1.29 is 14.3 Å². The molecule has 2 rings (SSSR count). The maximum Gasteiger partial charge on any atom is 0.410 e. The molecular weight excluding hydrogens is 318 g/mol. The van der Waals surface area contributed by atoms with Crippen LogP contribution in [0.3, 0.4) is 0 Å². The average molecular weight is 354 g/mol. The fraction of sp³-hybridized carbons (Fsp3) is 0.895. The Hall–Kier alpha value is -1.30. The van der Waals surface area contributed by atoms with E-state index in [2.05, 4.69) is 5.32 Å². The first-order chi connectivity index (χ1) is 11.6. The Morgan fingerprint density at radius 1 is 1.16 bits per heavy atom. The van der Waals surface area contributed by atoms with Gasteiger partial charge in [0.1, 0.15) is 5.60 Å². The zero-order valence-electron chi connectivity index (χ0n) is 16.7. The number of carbonyl (C=O) groups excluding carboxylic acids is 2. The number of hydrogen-bond acceptors (Lipinski definition) is 4. The van der Waals surface area contributed by atoms with E-state index in [-0.39, 0.29) is 30.1 Å². The number of amides is 2. The number of nitrogens with one attached hydrogen (secondary N) is 1. The summed E-state index contributed by atoms with van der Waals surface area (Å²) in [4.78, 5) is 28.3. The van der Waals surface area contributed by atoms with Gasteiger partial charge in [-0.2, -0.15) is 0 Å². The van der Waals surface area contributed by atoms with Gasteiger partial charge in [-0.25, -0.2) is 4.79 Å². The van der Waals surface area contributed by atoms with E-state index in [1.165, 1.54) is 0 Å². The van der Waals surface area contributed by atoms with Crippen molar-refractivity contribution in [3.63, 3.8) is 0 Å². The molecule has 1 N–H and O–H groups in total. The first-order valence-electron chi connectivity index (χ1n) is 9.57. The molecule has 0 radical (unpaired) electrons. The van der Waals surface area contributed by atoms with Gasteiger partial charge in [-0.3, -0.25) is 4.79 Å². The Morgan fingerprint density at radius 3 is 2.44 bits per heavy atom. The molecule has 144 valence electrons. The Balaban J connectivity index is 2.02. The molecule has 1 saturated carbocycles. The molecule has 0 bridgehead atoms. The van der Waals surface area contributed by atoms with Gasteiger partial charge in [0.15, 0.2) is 0 Å². The highest BCUT2D eigenvalue weighted by Gasteiger charge is 2.42. The number of likely N-dealkylation sites (N-methyl/N-ethyl adjacent to an activating group) is 1. The lowest BCUT2D eigenvalue weighted by Crippen LogP contribution is -2.52. The number of likely N-dealkylation sites (tertiary alicyclic amines) is 1. The molecule has 25 heavy (non-hydrogen) atoms. The minimum absolute atomic E-state index is 0.0982. The molecule has 1 saturated heterocycles. The minimum Gasteiger partial charge on any atom is -0.444 e. The quantitative estimate of drug-likeness (QED) is 0.844. The Morgan fingerprint density at radius 2 is 1.84 bits per heavy atom. The second-order valence-electron chi connectivity index (χ2n) is 8.71. The molecule has 4 atom stereocenters.